The summed E-state index contributed by atoms with van der Waals surface area (Å²) in [6, 6.07) is 3.70. The van der Waals surface area contributed by atoms with Gasteiger partial charge in [0.2, 0.25) is 5.13 Å². The Morgan fingerprint density at radius 2 is 1.89 bits per heavy atom. The molecule has 0 bridgehead atoms. The van der Waals surface area contributed by atoms with Gasteiger partial charge in [-0.25, -0.2) is 0 Å². The highest BCUT2D eigenvalue weighted by Gasteiger charge is 2.10. The van der Waals surface area contributed by atoms with E-state index in [0.29, 0.717) is 12.4 Å². The zero-order chi connectivity index (χ0) is 13.8. The van der Waals surface area contributed by atoms with Crippen molar-refractivity contribution in [2.75, 3.05) is 19.5 Å². The van der Waals surface area contributed by atoms with Crippen LogP contribution in [0, 0.1) is 0 Å². The van der Waals surface area contributed by atoms with Gasteiger partial charge in [-0.15, -0.1) is 10.2 Å². The van der Waals surface area contributed by atoms with E-state index < -0.39 is 0 Å². The number of rotatable bonds is 5. The van der Waals surface area contributed by atoms with Crippen LogP contribution in [0.4, 0.5) is 5.13 Å². The predicted molar refractivity (Wildman–Crippen MR) is 82.2 cm³/mol. The molecule has 1 N–H and O–H groups in total. The molecule has 0 aliphatic rings. The average molecular weight is 409 g/mol. The Bertz CT molecular complexity index is 577. The van der Waals surface area contributed by atoms with E-state index in [2.05, 4.69) is 47.4 Å². The molecule has 1 aromatic heterocycles. The van der Waals surface area contributed by atoms with Crippen LogP contribution in [0.2, 0.25) is 0 Å². The van der Waals surface area contributed by atoms with Crippen molar-refractivity contribution < 1.29 is 9.47 Å². The summed E-state index contributed by atoms with van der Waals surface area (Å²) in [5.74, 6) is 1.46. The Hall–Kier alpha value is -0.860. The molecule has 0 aliphatic carbocycles. The number of hydrogen-bond acceptors (Lipinski definition) is 6. The first-order chi connectivity index (χ1) is 9.13. The van der Waals surface area contributed by atoms with Gasteiger partial charge in [-0.1, -0.05) is 11.3 Å². The van der Waals surface area contributed by atoms with Crippen LogP contribution < -0.4 is 14.8 Å². The maximum Gasteiger partial charge on any atom is 0.205 e. The molecular weight excluding hydrogens is 398 g/mol. The Labute approximate surface area is 131 Å². The lowest BCUT2D eigenvalue weighted by Gasteiger charge is -2.09. The fourth-order valence-electron chi connectivity index (χ4n) is 1.33. The first-order valence-corrected chi connectivity index (χ1v) is 7.70. The number of halogens is 2. The Kier molecular flexibility index (Phi) is 5.00. The number of hydrogen-bond donors (Lipinski definition) is 1. The van der Waals surface area contributed by atoms with E-state index in [9.17, 15) is 0 Å². The molecule has 0 atom stereocenters. The van der Waals surface area contributed by atoms with Gasteiger partial charge >= 0.3 is 0 Å². The van der Waals surface area contributed by atoms with Gasteiger partial charge < -0.3 is 14.8 Å². The number of ether oxygens (including phenoxy) is 2. The third kappa shape index (κ3) is 3.58. The van der Waals surface area contributed by atoms with Crippen molar-refractivity contribution in [2.24, 2.45) is 0 Å². The summed E-state index contributed by atoms with van der Waals surface area (Å²) in [6.45, 7) is 0.372. The van der Waals surface area contributed by atoms with Gasteiger partial charge in [-0.3, -0.25) is 0 Å². The molecule has 0 spiro atoms. The van der Waals surface area contributed by atoms with Gasteiger partial charge in [0, 0.05) is 7.05 Å². The zero-order valence-corrected chi connectivity index (χ0v) is 14.2. The summed E-state index contributed by atoms with van der Waals surface area (Å²) in [5.41, 5.74) is 0. The van der Waals surface area contributed by atoms with E-state index in [4.69, 9.17) is 9.47 Å². The van der Waals surface area contributed by atoms with Crippen LogP contribution in [0.3, 0.4) is 0 Å². The Morgan fingerprint density at radius 3 is 2.53 bits per heavy atom. The summed E-state index contributed by atoms with van der Waals surface area (Å²) >= 11 is 8.33. The normalized spacial score (nSPS) is 10.3. The maximum atomic E-state index is 5.71. The van der Waals surface area contributed by atoms with E-state index in [1.165, 1.54) is 11.3 Å². The molecule has 0 unspecified atom stereocenters. The van der Waals surface area contributed by atoms with Crippen LogP contribution in [0.25, 0.3) is 0 Å². The maximum absolute atomic E-state index is 5.71. The lowest BCUT2D eigenvalue weighted by molar-refractivity contribution is 0.301. The number of nitrogens with one attached hydrogen (secondary N) is 1. The molecule has 1 aromatic carbocycles. The molecule has 0 aliphatic heterocycles. The van der Waals surface area contributed by atoms with E-state index >= 15 is 0 Å². The van der Waals surface area contributed by atoms with E-state index in [0.717, 1.165) is 24.8 Å². The summed E-state index contributed by atoms with van der Waals surface area (Å²) in [6.07, 6.45) is 0. The number of nitrogens with zero attached hydrogens (tertiary/aromatic N) is 2. The monoisotopic (exact) mass is 407 g/mol. The van der Waals surface area contributed by atoms with Gasteiger partial charge in [0.25, 0.3) is 0 Å². The molecule has 19 heavy (non-hydrogen) atoms. The lowest BCUT2D eigenvalue weighted by atomic mass is 10.3. The number of aromatic nitrogens is 2. The highest BCUT2D eigenvalue weighted by molar-refractivity contribution is 9.11. The molecule has 102 valence electrons. The molecule has 0 saturated heterocycles. The van der Waals surface area contributed by atoms with Crippen LogP contribution in [-0.4, -0.2) is 24.4 Å². The number of anilines is 1. The van der Waals surface area contributed by atoms with Crippen LogP contribution in [-0.2, 0) is 6.61 Å². The molecule has 0 radical (unpaired) electrons. The van der Waals surface area contributed by atoms with Crippen molar-refractivity contribution in [3.05, 3.63) is 26.1 Å². The van der Waals surface area contributed by atoms with Gasteiger partial charge in [0.15, 0.2) is 5.01 Å². The van der Waals surface area contributed by atoms with Crippen molar-refractivity contribution in [1.29, 1.82) is 0 Å². The largest absolute Gasteiger partial charge is 0.496 e. The number of benzene rings is 1. The third-order valence-electron chi connectivity index (χ3n) is 2.24. The molecule has 8 heteroatoms. The quantitative estimate of drug-likeness (QED) is 0.817. The predicted octanol–water partition coefficient (Wildman–Crippen LogP) is 3.69. The van der Waals surface area contributed by atoms with Crippen molar-refractivity contribution >= 4 is 48.3 Å². The smallest absolute Gasteiger partial charge is 0.205 e. The standard InChI is InChI=1S/C11H11Br2N3O2S/c1-14-11-16-15-10(19-11)5-18-9-4-6(12)8(17-2)3-7(9)13/h3-4H,5H2,1-2H3,(H,14,16). The lowest BCUT2D eigenvalue weighted by Crippen LogP contribution is -1.96. The first-order valence-electron chi connectivity index (χ1n) is 5.30. The van der Waals surface area contributed by atoms with Crippen molar-refractivity contribution in [1.82, 2.24) is 10.2 Å². The third-order valence-corrected chi connectivity index (χ3v) is 4.39. The van der Waals surface area contributed by atoms with Crippen molar-refractivity contribution in [2.45, 2.75) is 6.61 Å². The number of methoxy groups -OCH3 is 1. The second-order valence-corrected chi connectivity index (χ2v) is 6.23. The molecular formula is C11H11Br2N3O2S. The highest BCUT2D eigenvalue weighted by atomic mass is 79.9. The second-order valence-electron chi connectivity index (χ2n) is 3.46. The molecule has 1 heterocycles. The van der Waals surface area contributed by atoms with Crippen LogP contribution >= 0.6 is 43.2 Å². The summed E-state index contributed by atoms with van der Waals surface area (Å²) in [7, 11) is 3.43. The molecule has 2 rings (SSSR count). The SMILES string of the molecule is CNc1nnc(COc2cc(Br)c(OC)cc2Br)s1. The molecule has 5 nitrogen and oxygen atoms in total. The minimum absolute atomic E-state index is 0.372. The zero-order valence-electron chi connectivity index (χ0n) is 10.2. The van der Waals surface area contributed by atoms with Gasteiger partial charge in [-0.05, 0) is 44.0 Å². The van der Waals surface area contributed by atoms with Crippen LogP contribution in [0.5, 0.6) is 11.5 Å². The van der Waals surface area contributed by atoms with E-state index in [1.807, 2.05) is 19.2 Å². The summed E-state index contributed by atoms with van der Waals surface area (Å²) < 4.78 is 12.6. The van der Waals surface area contributed by atoms with Gasteiger partial charge in [0.05, 0.1) is 16.1 Å². The minimum Gasteiger partial charge on any atom is -0.496 e. The molecule has 0 amide bonds. The summed E-state index contributed by atoms with van der Waals surface area (Å²) in [5, 5.41) is 12.5. The first kappa shape index (κ1) is 14.5. The Morgan fingerprint density at radius 1 is 1.21 bits per heavy atom. The van der Waals surface area contributed by atoms with E-state index in [-0.39, 0.29) is 0 Å². The fraction of sp³-hybridized carbons (Fsp3) is 0.273. The van der Waals surface area contributed by atoms with Crippen molar-refractivity contribution in [3.63, 3.8) is 0 Å². The molecule has 0 fully saturated rings. The minimum atomic E-state index is 0.372. The summed E-state index contributed by atoms with van der Waals surface area (Å²) in [4.78, 5) is 0. The highest BCUT2D eigenvalue weighted by Crippen LogP contribution is 2.36. The van der Waals surface area contributed by atoms with Gasteiger partial charge in [-0.2, -0.15) is 0 Å². The average Bonchev–Trinajstić information content (AvgIpc) is 2.87. The second kappa shape index (κ2) is 6.53. The van der Waals surface area contributed by atoms with Gasteiger partial charge in [0.1, 0.15) is 18.1 Å². The van der Waals surface area contributed by atoms with E-state index in [1.54, 1.807) is 7.11 Å². The Balaban J connectivity index is 2.09. The van der Waals surface area contributed by atoms with Crippen LogP contribution in [0.15, 0.2) is 21.1 Å². The molecule has 0 saturated carbocycles. The van der Waals surface area contributed by atoms with Crippen LogP contribution in [0.1, 0.15) is 5.01 Å². The fourth-order valence-corrected chi connectivity index (χ4v) is 2.86. The molecule has 2 aromatic rings. The van der Waals surface area contributed by atoms with Crippen molar-refractivity contribution in [3.8, 4) is 11.5 Å². The topological polar surface area (TPSA) is 56.3 Å².